The van der Waals surface area contributed by atoms with Crippen LogP contribution in [0.15, 0.2) is 48.5 Å². The third-order valence-electron chi connectivity index (χ3n) is 6.24. The van der Waals surface area contributed by atoms with E-state index in [9.17, 15) is 9.59 Å². The van der Waals surface area contributed by atoms with Gasteiger partial charge < -0.3 is 24.6 Å². The number of nitrogens with zero attached hydrogens (tertiary/aromatic N) is 2. The molecule has 2 heterocycles. The molecule has 0 aliphatic carbocycles. The molecule has 7 nitrogen and oxygen atoms in total. The molecule has 2 aliphatic rings. The van der Waals surface area contributed by atoms with Crippen LogP contribution in [0.5, 0.6) is 0 Å². The van der Waals surface area contributed by atoms with Gasteiger partial charge in [-0.2, -0.15) is 0 Å². The lowest BCUT2D eigenvalue weighted by molar-refractivity contribution is 0.0303. The second kappa shape index (κ2) is 10.6. The fraction of sp³-hybridized carbons (Fsp3) is 0.440. The highest BCUT2D eigenvalue weighted by Gasteiger charge is 2.21. The average molecular weight is 438 g/mol. The van der Waals surface area contributed by atoms with Crippen LogP contribution in [-0.2, 0) is 16.0 Å². The zero-order valence-electron chi connectivity index (χ0n) is 18.6. The van der Waals surface area contributed by atoms with Crippen LogP contribution in [0.4, 0.5) is 5.69 Å². The summed E-state index contributed by atoms with van der Waals surface area (Å²) in [5.41, 5.74) is 3.63. The van der Waals surface area contributed by atoms with E-state index in [1.54, 1.807) is 12.1 Å². The summed E-state index contributed by atoms with van der Waals surface area (Å²) in [4.78, 5) is 28.4. The van der Waals surface area contributed by atoms with E-state index in [0.29, 0.717) is 37.9 Å². The molecule has 0 saturated carbocycles. The molecule has 2 saturated heterocycles. The van der Waals surface area contributed by atoms with Gasteiger partial charge >= 0.3 is 5.97 Å². The second-order valence-corrected chi connectivity index (χ2v) is 8.28. The number of morpholine rings is 1. The Balaban J connectivity index is 1.23. The van der Waals surface area contributed by atoms with E-state index in [1.165, 1.54) is 12.8 Å². The maximum Gasteiger partial charge on any atom is 0.337 e. The molecule has 2 aromatic carbocycles. The molecule has 1 amide bonds. The van der Waals surface area contributed by atoms with Gasteiger partial charge in [-0.15, -0.1) is 0 Å². The molecule has 4 rings (SSSR count). The number of esters is 1. The number of amides is 1. The molecule has 2 aromatic rings. The lowest BCUT2D eigenvalue weighted by Crippen LogP contribution is -2.42. The van der Waals surface area contributed by atoms with Gasteiger partial charge in [-0.25, -0.2) is 4.79 Å². The quantitative estimate of drug-likeness (QED) is 0.701. The summed E-state index contributed by atoms with van der Waals surface area (Å²) in [6, 6.07) is 16.0. The predicted molar refractivity (Wildman–Crippen MR) is 123 cm³/mol. The average Bonchev–Trinajstić information content (AvgIpc) is 2.88. The van der Waals surface area contributed by atoms with Gasteiger partial charge in [0.25, 0.3) is 5.91 Å². The largest absolute Gasteiger partial charge is 0.465 e. The number of hydrogen-bond acceptors (Lipinski definition) is 6. The van der Waals surface area contributed by atoms with Crippen LogP contribution >= 0.6 is 0 Å². The number of carbonyl (C=O) groups excluding carboxylic acids is 2. The van der Waals surface area contributed by atoms with Crippen molar-refractivity contribution in [1.82, 2.24) is 10.2 Å². The molecule has 0 bridgehead atoms. The molecule has 1 N–H and O–H groups in total. The van der Waals surface area contributed by atoms with Crippen LogP contribution in [0.3, 0.4) is 0 Å². The second-order valence-electron chi connectivity index (χ2n) is 8.28. The van der Waals surface area contributed by atoms with Gasteiger partial charge in [0, 0.05) is 50.0 Å². The van der Waals surface area contributed by atoms with E-state index in [1.807, 2.05) is 29.2 Å². The Kier molecular flexibility index (Phi) is 7.39. The van der Waals surface area contributed by atoms with Crippen LogP contribution in [0.1, 0.15) is 39.1 Å². The molecule has 7 heteroatoms. The number of rotatable bonds is 6. The highest BCUT2D eigenvalue weighted by molar-refractivity contribution is 5.94. The van der Waals surface area contributed by atoms with Crippen molar-refractivity contribution in [3.8, 4) is 0 Å². The smallest absolute Gasteiger partial charge is 0.337 e. The Morgan fingerprint density at radius 3 is 2.19 bits per heavy atom. The first-order valence-electron chi connectivity index (χ1n) is 11.3. The highest BCUT2D eigenvalue weighted by atomic mass is 16.5. The zero-order chi connectivity index (χ0) is 22.3. The summed E-state index contributed by atoms with van der Waals surface area (Å²) >= 11 is 0. The summed E-state index contributed by atoms with van der Waals surface area (Å²) in [5, 5.41) is 3.63. The third kappa shape index (κ3) is 5.47. The Hall–Kier alpha value is -2.90. The fourth-order valence-electron chi connectivity index (χ4n) is 4.24. The Morgan fingerprint density at radius 1 is 0.938 bits per heavy atom. The molecule has 32 heavy (non-hydrogen) atoms. The standard InChI is InChI=1S/C25H31N3O4/c1-31-25(30)21-4-2-19(3-5-21)18-26-22-10-12-27(13-11-22)23-8-6-20(7-9-23)24(29)28-14-16-32-17-15-28/h2-9,22,26H,10-18H2,1H3. The summed E-state index contributed by atoms with van der Waals surface area (Å²) in [5.74, 6) is -0.224. The molecular formula is C25H31N3O4. The van der Waals surface area contributed by atoms with E-state index >= 15 is 0 Å². The van der Waals surface area contributed by atoms with Crippen LogP contribution in [0.2, 0.25) is 0 Å². The first kappa shape index (κ1) is 22.3. The van der Waals surface area contributed by atoms with Crippen molar-refractivity contribution in [2.24, 2.45) is 0 Å². The number of hydrogen-bond donors (Lipinski definition) is 1. The summed E-state index contributed by atoms with van der Waals surface area (Å²) in [6.07, 6.45) is 2.13. The van der Waals surface area contributed by atoms with Gasteiger partial charge in [-0.05, 0) is 54.8 Å². The van der Waals surface area contributed by atoms with Crippen molar-refractivity contribution in [1.29, 1.82) is 0 Å². The lowest BCUT2D eigenvalue weighted by atomic mass is 10.0. The highest BCUT2D eigenvalue weighted by Crippen LogP contribution is 2.21. The van der Waals surface area contributed by atoms with Crippen molar-refractivity contribution < 1.29 is 19.1 Å². The minimum atomic E-state index is -0.310. The maximum atomic E-state index is 12.6. The molecule has 170 valence electrons. The van der Waals surface area contributed by atoms with Gasteiger partial charge in [0.05, 0.1) is 25.9 Å². The van der Waals surface area contributed by atoms with Gasteiger partial charge in [-0.1, -0.05) is 12.1 Å². The van der Waals surface area contributed by atoms with Crippen molar-refractivity contribution >= 4 is 17.6 Å². The van der Waals surface area contributed by atoms with E-state index < -0.39 is 0 Å². The normalized spacial score (nSPS) is 17.3. The lowest BCUT2D eigenvalue weighted by Gasteiger charge is -2.34. The SMILES string of the molecule is COC(=O)c1ccc(CNC2CCN(c3ccc(C(=O)N4CCOCC4)cc3)CC2)cc1. The monoisotopic (exact) mass is 437 g/mol. The van der Waals surface area contributed by atoms with E-state index in [4.69, 9.17) is 9.47 Å². The zero-order valence-corrected chi connectivity index (χ0v) is 18.6. The number of nitrogens with one attached hydrogen (secondary N) is 1. The molecule has 0 unspecified atom stereocenters. The molecule has 2 aliphatic heterocycles. The maximum absolute atomic E-state index is 12.6. The summed E-state index contributed by atoms with van der Waals surface area (Å²) in [6.45, 7) is 5.31. The number of benzene rings is 2. The predicted octanol–water partition coefficient (Wildman–Crippen LogP) is 2.70. The number of carbonyl (C=O) groups is 2. The topological polar surface area (TPSA) is 71.1 Å². The summed E-state index contributed by atoms with van der Waals surface area (Å²) < 4.78 is 10.1. The Bertz CT molecular complexity index is 900. The van der Waals surface area contributed by atoms with E-state index in [-0.39, 0.29) is 11.9 Å². The van der Waals surface area contributed by atoms with Gasteiger partial charge in [0.1, 0.15) is 0 Å². The van der Waals surface area contributed by atoms with E-state index in [2.05, 4.69) is 22.3 Å². The van der Waals surface area contributed by atoms with Crippen LogP contribution in [0, 0.1) is 0 Å². The van der Waals surface area contributed by atoms with Crippen LogP contribution in [-0.4, -0.2) is 69.3 Å². The number of ether oxygens (including phenoxy) is 2. The number of methoxy groups -OCH3 is 1. The number of piperidine rings is 1. The van der Waals surface area contributed by atoms with Gasteiger partial charge in [0.2, 0.25) is 0 Å². The first-order valence-corrected chi connectivity index (χ1v) is 11.3. The minimum absolute atomic E-state index is 0.0855. The van der Waals surface area contributed by atoms with Crippen molar-refractivity contribution in [2.75, 3.05) is 51.4 Å². The number of anilines is 1. The fourth-order valence-corrected chi connectivity index (χ4v) is 4.24. The molecule has 0 spiro atoms. The van der Waals surface area contributed by atoms with Crippen LogP contribution in [0.25, 0.3) is 0 Å². The third-order valence-corrected chi connectivity index (χ3v) is 6.24. The van der Waals surface area contributed by atoms with Crippen LogP contribution < -0.4 is 10.2 Å². The van der Waals surface area contributed by atoms with Crippen molar-refractivity contribution in [2.45, 2.75) is 25.4 Å². The first-order chi connectivity index (χ1) is 15.6. The van der Waals surface area contributed by atoms with Crippen molar-refractivity contribution in [3.05, 3.63) is 65.2 Å². The van der Waals surface area contributed by atoms with Crippen molar-refractivity contribution in [3.63, 3.8) is 0 Å². The Labute approximate surface area is 189 Å². The van der Waals surface area contributed by atoms with E-state index in [0.717, 1.165) is 43.6 Å². The minimum Gasteiger partial charge on any atom is -0.465 e. The molecular weight excluding hydrogens is 406 g/mol. The Morgan fingerprint density at radius 2 is 1.56 bits per heavy atom. The molecule has 2 fully saturated rings. The molecule has 0 aromatic heterocycles. The molecule has 0 radical (unpaired) electrons. The summed E-state index contributed by atoms with van der Waals surface area (Å²) in [7, 11) is 1.39. The van der Waals surface area contributed by atoms with Gasteiger partial charge in [0.15, 0.2) is 0 Å². The molecule has 0 atom stereocenters. The van der Waals surface area contributed by atoms with Gasteiger partial charge in [-0.3, -0.25) is 4.79 Å².